The van der Waals surface area contributed by atoms with Gasteiger partial charge in [-0.2, -0.15) is 0 Å². The first-order chi connectivity index (χ1) is 14.6. The van der Waals surface area contributed by atoms with E-state index in [4.69, 9.17) is 11.6 Å². The summed E-state index contributed by atoms with van der Waals surface area (Å²) in [5.41, 5.74) is 0.237. The van der Waals surface area contributed by atoms with Crippen LogP contribution in [0.3, 0.4) is 0 Å². The Labute approximate surface area is 183 Å². The molecule has 3 aliphatic rings. The second kappa shape index (κ2) is 9.92. The molecule has 3 fully saturated rings. The van der Waals surface area contributed by atoms with Gasteiger partial charge in [-0.15, -0.1) is 0 Å². The summed E-state index contributed by atoms with van der Waals surface area (Å²) in [6, 6.07) is 0. The number of hydrogen-bond donors (Lipinski definition) is 1. The number of hydrogen-bond acceptors (Lipinski definition) is 6. The molecular weight excluding hydrogens is 404 g/mol. The molecule has 9 heteroatoms. The number of piperazine rings is 1. The molecule has 0 radical (unpaired) electrons. The molecule has 2 saturated heterocycles. The van der Waals surface area contributed by atoms with Gasteiger partial charge in [0, 0.05) is 58.3 Å². The van der Waals surface area contributed by atoms with Gasteiger partial charge in [-0.25, -0.2) is 9.97 Å². The summed E-state index contributed by atoms with van der Waals surface area (Å²) < 4.78 is 0. The molecule has 30 heavy (non-hydrogen) atoms. The van der Waals surface area contributed by atoms with E-state index in [1.807, 2.05) is 4.90 Å². The molecule has 1 aliphatic carbocycles. The van der Waals surface area contributed by atoms with Gasteiger partial charge in [0.05, 0.1) is 11.2 Å². The zero-order valence-corrected chi connectivity index (χ0v) is 18.2. The van der Waals surface area contributed by atoms with Gasteiger partial charge in [0.15, 0.2) is 5.69 Å². The van der Waals surface area contributed by atoms with Crippen molar-refractivity contribution >= 4 is 29.4 Å². The molecule has 1 saturated carbocycles. The highest BCUT2D eigenvalue weighted by molar-refractivity contribution is 6.33. The Morgan fingerprint density at radius 2 is 1.73 bits per heavy atom. The van der Waals surface area contributed by atoms with E-state index in [1.54, 1.807) is 0 Å². The summed E-state index contributed by atoms with van der Waals surface area (Å²) in [5.74, 6) is 0.898. The van der Waals surface area contributed by atoms with Gasteiger partial charge in [-0.05, 0) is 25.7 Å². The Morgan fingerprint density at radius 1 is 1.03 bits per heavy atom. The van der Waals surface area contributed by atoms with Crippen molar-refractivity contribution in [2.24, 2.45) is 5.92 Å². The third kappa shape index (κ3) is 5.03. The van der Waals surface area contributed by atoms with Crippen LogP contribution in [0.5, 0.6) is 0 Å². The molecule has 1 aromatic heterocycles. The summed E-state index contributed by atoms with van der Waals surface area (Å²) in [7, 11) is 0. The van der Waals surface area contributed by atoms with Crippen LogP contribution >= 0.6 is 11.6 Å². The van der Waals surface area contributed by atoms with Crippen LogP contribution in [0.15, 0.2) is 6.20 Å². The molecule has 1 aromatic rings. The van der Waals surface area contributed by atoms with Crippen LogP contribution in [-0.2, 0) is 4.79 Å². The van der Waals surface area contributed by atoms with Crippen LogP contribution < -0.4 is 10.2 Å². The SMILES string of the molecule is O=C(NCCN1CCN(C(=O)C2CCCC2)CC1)c1nc(N2CCCC2)ncc1Cl. The first kappa shape index (κ1) is 21.3. The van der Waals surface area contributed by atoms with E-state index in [-0.39, 0.29) is 22.5 Å². The van der Waals surface area contributed by atoms with E-state index in [0.29, 0.717) is 18.4 Å². The molecule has 8 nitrogen and oxygen atoms in total. The maximum Gasteiger partial charge on any atom is 0.271 e. The number of halogens is 1. The zero-order valence-electron chi connectivity index (χ0n) is 17.5. The Morgan fingerprint density at radius 3 is 2.43 bits per heavy atom. The fourth-order valence-electron chi connectivity index (χ4n) is 4.62. The van der Waals surface area contributed by atoms with Gasteiger partial charge in [0.1, 0.15) is 0 Å². The zero-order chi connectivity index (χ0) is 20.9. The number of amides is 2. The minimum Gasteiger partial charge on any atom is -0.349 e. The van der Waals surface area contributed by atoms with Crippen molar-refractivity contribution in [3.05, 3.63) is 16.9 Å². The van der Waals surface area contributed by atoms with Gasteiger partial charge in [-0.1, -0.05) is 24.4 Å². The maximum absolute atomic E-state index is 12.6. The number of rotatable bonds is 6. The smallest absolute Gasteiger partial charge is 0.271 e. The minimum absolute atomic E-state index is 0.237. The van der Waals surface area contributed by atoms with Gasteiger partial charge < -0.3 is 15.1 Å². The average Bonchev–Trinajstić information content (AvgIpc) is 3.48. The second-order valence-electron chi connectivity index (χ2n) is 8.46. The Bertz CT molecular complexity index is 756. The topological polar surface area (TPSA) is 81.7 Å². The van der Waals surface area contributed by atoms with Crippen molar-refractivity contribution in [2.75, 3.05) is 57.3 Å². The summed E-state index contributed by atoms with van der Waals surface area (Å²) in [6.45, 7) is 6.35. The number of carbonyl (C=O) groups is 2. The summed E-state index contributed by atoms with van der Waals surface area (Å²) in [5, 5.41) is 3.20. The molecule has 0 spiro atoms. The molecule has 0 atom stereocenters. The van der Waals surface area contributed by atoms with Crippen LogP contribution in [-0.4, -0.2) is 83.9 Å². The largest absolute Gasteiger partial charge is 0.349 e. The lowest BCUT2D eigenvalue weighted by Gasteiger charge is -2.36. The average molecular weight is 435 g/mol. The quantitative estimate of drug-likeness (QED) is 0.735. The number of nitrogens with one attached hydrogen (secondary N) is 1. The third-order valence-corrected chi connectivity index (χ3v) is 6.71. The first-order valence-electron chi connectivity index (χ1n) is 11.2. The first-order valence-corrected chi connectivity index (χ1v) is 11.6. The van der Waals surface area contributed by atoms with Crippen molar-refractivity contribution in [3.63, 3.8) is 0 Å². The van der Waals surface area contributed by atoms with Crippen molar-refractivity contribution in [1.29, 1.82) is 0 Å². The Hall–Kier alpha value is -1.93. The fraction of sp³-hybridized carbons (Fsp3) is 0.714. The number of carbonyl (C=O) groups excluding carboxylic acids is 2. The molecule has 4 rings (SSSR count). The molecule has 1 N–H and O–H groups in total. The standard InChI is InChI=1S/C21H31ClN6O2/c22-17-15-24-21(28-8-3-4-9-28)25-18(17)19(29)23-7-10-26-11-13-27(14-12-26)20(30)16-5-1-2-6-16/h15-16H,1-14H2,(H,23,29). The van der Waals surface area contributed by atoms with Crippen LogP contribution in [0.25, 0.3) is 0 Å². The predicted molar refractivity (Wildman–Crippen MR) is 116 cm³/mol. The number of aromatic nitrogens is 2. The van der Waals surface area contributed by atoms with E-state index < -0.39 is 0 Å². The van der Waals surface area contributed by atoms with E-state index in [9.17, 15) is 9.59 Å². The maximum atomic E-state index is 12.6. The lowest BCUT2D eigenvalue weighted by atomic mass is 10.1. The van der Waals surface area contributed by atoms with Crippen molar-refractivity contribution in [1.82, 2.24) is 25.1 Å². The Balaban J connectivity index is 1.22. The molecule has 3 heterocycles. The van der Waals surface area contributed by atoms with Crippen molar-refractivity contribution < 1.29 is 9.59 Å². The number of nitrogens with zero attached hydrogens (tertiary/aromatic N) is 5. The highest BCUT2D eigenvalue weighted by Gasteiger charge is 2.29. The lowest BCUT2D eigenvalue weighted by molar-refractivity contribution is -0.137. The van der Waals surface area contributed by atoms with E-state index >= 15 is 0 Å². The molecule has 0 unspecified atom stereocenters. The van der Waals surface area contributed by atoms with Gasteiger partial charge >= 0.3 is 0 Å². The highest BCUT2D eigenvalue weighted by Crippen LogP contribution is 2.27. The third-order valence-electron chi connectivity index (χ3n) is 6.44. The monoisotopic (exact) mass is 434 g/mol. The molecule has 0 aromatic carbocycles. The van der Waals surface area contributed by atoms with Crippen molar-refractivity contribution in [2.45, 2.75) is 38.5 Å². The second-order valence-corrected chi connectivity index (χ2v) is 8.87. The Kier molecular flexibility index (Phi) is 7.04. The summed E-state index contributed by atoms with van der Waals surface area (Å²) >= 11 is 6.17. The van der Waals surface area contributed by atoms with E-state index in [1.165, 1.54) is 19.0 Å². The van der Waals surface area contributed by atoms with Crippen LogP contribution in [0.2, 0.25) is 5.02 Å². The highest BCUT2D eigenvalue weighted by atomic mass is 35.5. The number of anilines is 1. The van der Waals surface area contributed by atoms with Crippen LogP contribution in [0, 0.1) is 5.92 Å². The van der Waals surface area contributed by atoms with E-state index in [2.05, 4.69) is 25.1 Å². The van der Waals surface area contributed by atoms with Crippen LogP contribution in [0.1, 0.15) is 49.0 Å². The van der Waals surface area contributed by atoms with E-state index in [0.717, 1.165) is 71.5 Å². The van der Waals surface area contributed by atoms with Crippen LogP contribution in [0.4, 0.5) is 5.95 Å². The normalized spacial score (nSPS) is 20.7. The summed E-state index contributed by atoms with van der Waals surface area (Å²) in [4.78, 5) is 40.2. The molecule has 0 bridgehead atoms. The fourth-order valence-corrected chi connectivity index (χ4v) is 4.80. The molecule has 2 amide bonds. The summed E-state index contributed by atoms with van der Waals surface area (Å²) in [6.07, 6.45) is 8.22. The minimum atomic E-state index is -0.266. The molecule has 164 valence electrons. The van der Waals surface area contributed by atoms with Gasteiger partial charge in [0.25, 0.3) is 5.91 Å². The lowest BCUT2D eigenvalue weighted by Crippen LogP contribution is -2.51. The van der Waals surface area contributed by atoms with Gasteiger partial charge in [-0.3, -0.25) is 14.5 Å². The van der Waals surface area contributed by atoms with Gasteiger partial charge in [0.2, 0.25) is 11.9 Å². The predicted octanol–water partition coefficient (Wildman–Crippen LogP) is 1.79. The molecular formula is C21H31ClN6O2. The van der Waals surface area contributed by atoms with Crippen molar-refractivity contribution in [3.8, 4) is 0 Å². The molecule has 2 aliphatic heterocycles.